The zero-order valence-corrected chi connectivity index (χ0v) is 15.9. The topological polar surface area (TPSA) is 35.5 Å². The van der Waals surface area contributed by atoms with Crippen LogP contribution in [0.25, 0.3) is 5.76 Å². The Kier molecular flexibility index (Phi) is 5.57. The number of hydrogen-bond acceptors (Lipinski definition) is 3. The summed E-state index contributed by atoms with van der Waals surface area (Å²) in [5, 5.41) is 0. The van der Waals surface area contributed by atoms with Crippen LogP contribution in [0.3, 0.4) is 0 Å². The Hall–Kier alpha value is -1.38. The van der Waals surface area contributed by atoms with E-state index in [2.05, 4.69) is 12.1 Å². The van der Waals surface area contributed by atoms with E-state index >= 15 is 0 Å². The van der Waals surface area contributed by atoms with E-state index in [0.29, 0.717) is 30.5 Å². The summed E-state index contributed by atoms with van der Waals surface area (Å²) in [6.07, 6.45) is 1.00. The van der Waals surface area contributed by atoms with Gasteiger partial charge in [0, 0.05) is 0 Å². The van der Waals surface area contributed by atoms with Gasteiger partial charge in [0.2, 0.25) is 0 Å². The summed E-state index contributed by atoms with van der Waals surface area (Å²) in [7, 11) is -3.16. The molecule has 0 saturated carbocycles. The molecule has 1 atom stereocenters. The molecule has 0 amide bonds. The molecule has 6 heteroatoms. The molecule has 2 aromatic carbocycles. The van der Waals surface area contributed by atoms with Crippen LogP contribution in [0.1, 0.15) is 18.9 Å². The van der Waals surface area contributed by atoms with E-state index in [9.17, 15) is 8.96 Å². The molecule has 0 N–H and O–H groups in total. The summed E-state index contributed by atoms with van der Waals surface area (Å²) in [5.41, 5.74) is 0.613. The molecule has 1 aliphatic heterocycles. The van der Waals surface area contributed by atoms with Crippen molar-refractivity contribution in [2.75, 3.05) is 12.8 Å². The van der Waals surface area contributed by atoms with Crippen molar-refractivity contribution in [2.45, 2.75) is 13.3 Å². The Morgan fingerprint density at radius 1 is 1.21 bits per heavy atom. The van der Waals surface area contributed by atoms with E-state index in [-0.39, 0.29) is 20.8 Å². The number of benzene rings is 2. The SMILES string of the molecule is CCOP1(=O)CCC([Se]c2ccccc2)=C(c2cccc(F)c2)O1. The third-order valence-electron chi connectivity index (χ3n) is 3.49. The van der Waals surface area contributed by atoms with E-state index in [1.165, 1.54) is 16.6 Å². The fraction of sp³-hybridized carbons (Fsp3) is 0.222. The van der Waals surface area contributed by atoms with Gasteiger partial charge in [0.15, 0.2) is 0 Å². The summed E-state index contributed by atoms with van der Waals surface area (Å²) in [5.74, 6) is 0.174. The molecule has 2 aromatic rings. The first-order valence-corrected chi connectivity index (χ1v) is 11.2. The molecule has 3 rings (SSSR count). The van der Waals surface area contributed by atoms with E-state index in [1.54, 1.807) is 19.1 Å². The number of rotatable bonds is 5. The molecule has 0 aliphatic carbocycles. The van der Waals surface area contributed by atoms with Crippen LogP contribution in [-0.4, -0.2) is 27.7 Å². The molecule has 1 heterocycles. The normalized spacial score (nSPS) is 20.8. The van der Waals surface area contributed by atoms with Crippen molar-refractivity contribution in [3.63, 3.8) is 0 Å². The van der Waals surface area contributed by atoms with E-state index < -0.39 is 7.60 Å². The van der Waals surface area contributed by atoms with Crippen molar-refractivity contribution < 1.29 is 18.0 Å². The Bertz CT molecular complexity index is 792. The molecule has 126 valence electrons. The molecule has 24 heavy (non-hydrogen) atoms. The van der Waals surface area contributed by atoms with E-state index in [4.69, 9.17) is 9.05 Å². The maximum atomic E-state index is 13.6. The van der Waals surface area contributed by atoms with Gasteiger partial charge < -0.3 is 0 Å². The molecule has 0 fully saturated rings. The summed E-state index contributed by atoms with van der Waals surface area (Å²) in [4.78, 5) is 0. The van der Waals surface area contributed by atoms with Crippen LogP contribution in [0.5, 0.6) is 0 Å². The minimum absolute atomic E-state index is 0.0282. The molecule has 1 aliphatic rings. The van der Waals surface area contributed by atoms with Gasteiger partial charge in [0.25, 0.3) is 0 Å². The third kappa shape index (κ3) is 4.17. The van der Waals surface area contributed by atoms with Crippen LogP contribution in [-0.2, 0) is 13.6 Å². The molecule has 0 radical (unpaired) electrons. The van der Waals surface area contributed by atoms with E-state index in [0.717, 1.165) is 4.47 Å². The Labute approximate surface area is 147 Å². The molecular weight excluding hydrogens is 393 g/mol. The fourth-order valence-electron chi connectivity index (χ4n) is 2.45. The second-order valence-electron chi connectivity index (χ2n) is 5.27. The van der Waals surface area contributed by atoms with Gasteiger partial charge in [0.05, 0.1) is 0 Å². The molecular formula is C18H18FO3PSe. The van der Waals surface area contributed by atoms with Crippen LogP contribution < -0.4 is 4.46 Å². The summed E-state index contributed by atoms with van der Waals surface area (Å²) in [6.45, 7) is 2.12. The molecule has 0 spiro atoms. The number of hydrogen-bond donors (Lipinski definition) is 0. The van der Waals surface area contributed by atoms with Crippen molar-refractivity contribution in [1.29, 1.82) is 0 Å². The Morgan fingerprint density at radius 2 is 2.00 bits per heavy atom. The van der Waals surface area contributed by atoms with E-state index in [1.807, 2.05) is 18.2 Å². The van der Waals surface area contributed by atoms with Crippen LogP contribution in [0.4, 0.5) is 4.39 Å². The molecule has 0 saturated heterocycles. The number of halogens is 1. The van der Waals surface area contributed by atoms with Gasteiger partial charge in [-0.15, -0.1) is 0 Å². The Balaban J connectivity index is 2.00. The second-order valence-corrected chi connectivity index (χ2v) is 9.83. The predicted molar refractivity (Wildman–Crippen MR) is 95.0 cm³/mol. The van der Waals surface area contributed by atoms with Gasteiger partial charge >= 0.3 is 147 Å². The first-order valence-electron chi connectivity index (χ1n) is 7.75. The first kappa shape index (κ1) is 17.4. The van der Waals surface area contributed by atoms with Gasteiger partial charge in [-0.05, 0) is 0 Å². The van der Waals surface area contributed by atoms with Gasteiger partial charge in [-0.1, -0.05) is 0 Å². The molecule has 1 unspecified atom stereocenters. The summed E-state index contributed by atoms with van der Waals surface area (Å²) < 4.78 is 39.8. The molecule has 0 bridgehead atoms. The standard InChI is InChI=1S/C18H18FO3PSe/c1-2-21-23(20)12-11-17(24-16-9-4-3-5-10-16)18(22-23)14-7-6-8-15(19)13-14/h3-10,13H,2,11-12H2,1H3. The summed E-state index contributed by atoms with van der Waals surface area (Å²) in [6, 6.07) is 16.3. The van der Waals surface area contributed by atoms with Crippen molar-refractivity contribution >= 4 is 32.8 Å². The van der Waals surface area contributed by atoms with Crippen molar-refractivity contribution in [3.05, 3.63) is 70.4 Å². The molecule has 0 aromatic heterocycles. The average molecular weight is 411 g/mol. The summed E-state index contributed by atoms with van der Waals surface area (Å²) >= 11 is 0.0282. The van der Waals surface area contributed by atoms with Crippen molar-refractivity contribution in [2.24, 2.45) is 0 Å². The minimum atomic E-state index is -3.16. The quantitative estimate of drug-likeness (QED) is 0.547. The van der Waals surface area contributed by atoms with Crippen LogP contribution in [0.15, 0.2) is 59.1 Å². The van der Waals surface area contributed by atoms with Crippen molar-refractivity contribution in [1.82, 2.24) is 0 Å². The van der Waals surface area contributed by atoms with Gasteiger partial charge in [-0.25, -0.2) is 0 Å². The average Bonchev–Trinajstić information content (AvgIpc) is 2.58. The van der Waals surface area contributed by atoms with Gasteiger partial charge in [-0.3, -0.25) is 0 Å². The van der Waals surface area contributed by atoms with Crippen LogP contribution >= 0.6 is 7.60 Å². The first-order chi connectivity index (χ1) is 11.6. The fourth-order valence-corrected chi connectivity index (χ4v) is 6.75. The predicted octanol–water partition coefficient (Wildman–Crippen LogP) is 4.17. The van der Waals surface area contributed by atoms with Crippen molar-refractivity contribution in [3.8, 4) is 0 Å². The van der Waals surface area contributed by atoms with Gasteiger partial charge in [-0.2, -0.15) is 0 Å². The maximum absolute atomic E-state index is 13.6. The second kappa shape index (κ2) is 7.67. The monoisotopic (exact) mass is 412 g/mol. The zero-order valence-electron chi connectivity index (χ0n) is 13.3. The number of allylic oxidation sites excluding steroid dienone is 1. The van der Waals surface area contributed by atoms with Gasteiger partial charge in [0.1, 0.15) is 0 Å². The Morgan fingerprint density at radius 3 is 2.71 bits per heavy atom. The third-order valence-corrected chi connectivity index (χ3v) is 7.78. The zero-order chi connectivity index (χ0) is 17.0. The van der Waals surface area contributed by atoms with Crippen LogP contribution in [0.2, 0.25) is 0 Å². The molecule has 3 nitrogen and oxygen atoms in total. The van der Waals surface area contributed by atoms with Crippen LogP contribution in [0, 0.1) is 5.82 Å².